The maximum absolute atomic E-state index is 12.4. The molecule has 1 atom stereocenters. The van der Waals surface area contributed by atoms with Gasteiger partial charge in [0, 0.05) is 5.02 Å². The summed E-state index contributed by atoms with van der Waals surface area (Å²) in [7, 11) is -3.51. The zero-order chi connectivity index (χ0) is 13.2. The van der Waals surface area contributed by atoms with Crippen LogP contribution < -0.4 is 5.73 Å². The van der Waals surface area contributed by atoms with E-state index in [-0.39, 0.29) is 11.4 Å². The van der Waals surface area contributed by atoms with E-state index in [0.29, 0.717) is 10.8 Å². The first-order chi connectivity index (χ1) is 8.55. The summed E-state index contributed by atoms with van der Waals surface area (Å²) in [6.45, 7) is 0.207. The van der Waals surface area contributed by atoms with Crippen LogP contribution in [0.3, 0.4) is 0 Å². The van der Waals surface area contributed by atoms with Crippen LogP contribution in [-0.4, -0.2) is 15.0 Å². The number of rotatable bonds is 4. The Kier molecular flexibility index (Phi) is 3.75. The molecule has 2 aromatic rings. The molecule has 0 radical (unpaired) electrons. The summed E-state index contributed by atoms with van der Waals surface area (Å²) in [6, 6.07) is 9.39. The summed E-state index contributed by atoms with van der Waals surface area (Å²) in [6.07, 6.45) is 1.45. The van der Waals surface area contributed by atoms with Gasteiger partial charge in [0.1, 0.15) is 5.76 Å². The molecule has 0 spiro atoms. The molecule has 1 aromatic carbocycles. The normalized spacial score (nSPS) is 13.4. The molecule has 1 heterocycles. The minimum absolute atomic E-state index is 0.207. The van der Waals surface area contributed by atoms with E-state index in [0.717, 1.165) is 0 Å². The van der Waals surface area contributed by atoms with Crippen molar-refractivity contribution in [1.82, 2.24) is 0 Å². The van der Waals surface area contributed by atoms with Crippen LogP contribution in [0.4, 0.5) is 0 Å². The Hall–Kier alpha value is -1.30. The van der Waals surface area contributed by atoms with Gasteiger partial charge in [-0.2, -0.15) is 0 Å². The highest BCUT2D eigenvalue weighted by molar-refractivity contribution is 7.91. The van der Waals surface area contributed by atoms with E-state index < -0.39 is 15.1 Å². The SMILES string of the molecule is [NH3+]C[C@H](c1ccco1)S(=O)(=O)c1ccc(Cl)cc1. The van der Waals surface area contributed by atoms with Crippen LogP contribution in [0.25, 0.3) is 0 Å². The number of sulfone groups is 1. The second kappa shape index (κ2) is 5.14. The molecule has 0 saturated heterocycles. The van der Waals surface area contributed by atoms with Gasteiger partial charge in [-0.05, 0) is 36.4 Å². The highest BCUT2D eigenvalue weighted by Gasteiger charge is 2.31. The average Bonchev–Trinajstić information content (AvgIpc) is 2.84. The van der Waals surface area contributed by atoms with Crippen LogP contribution in [0.5, 0.6) is 0 Å². The number of hydrogen-bond donors (Lipinski definition) is 1. The lowest BCUT2D eigenvalue weighted by atomic mass is 10.3. The van der Waals surface area contributed by atoms with E-state index >= 15 is 0 Å². The highest BCUT2D eigenvalue weighted by atomic mass is 35.5. The minimum Gasteiger partial charge on any atom is -0.468 e. The summed E-state index contributed by atoms with van der Waals surface area (Å²) in [5, 5.41) is -0.271. The van der Waals surface area contributed by atoms with E-state index in [2.05, 4.69) is 5.73 Å². The number of quaternary nitrogens is 1. The molecule has 0 amide bonds. The van der Waals surface area contributed by atoms with Crippen LogP contribution >= 0.6 is 11.6 Å². The smallest absolute Gasteiger partial charge is 0.194 e. The van der Waals surface area contributed by atoms with Crippen molar-refractivity contribution in [2.75, 3.05) is 6.54 Å². The molecule has 2 rings (SSSR count). The fourth-order valence-electron chi connectivity index (χ4n) is 1.71. The van der Waals surface area contributed by atoms with Crippen LogP contribution in [-0.2, 0) is 9.84 Å². The largest absolute Gasteiger partial charge is 0.468 e. The molecule has 0 aliphatic carbocycles. The van der Waals surface area contributed by atoms with E-state index in [1.807, 2.05) is 0 Å². The molecule has 0 fully saturated rings. The van der Waals surface area contributed by atoms with Gasteiger partial charge in [-0.1, -0.05) is 11.6 Å². The molecule has 0 aliphatic rings. The van der Waals surface area contributed by atoms with E-state index in [1.165, 1.54) is 18.4 Å². The second-order valence-electron chi connectivity index (χ2n) is 3.79. The van der Waals surface area contributed by atoms with Gasteiger partial charge in [-0.3, -0.25) is 0 Å². The first-order valence-electron chi connectivity index (χ1n) is 5.38. The zero-order valence-corrected chi connectivity index (χ0v) is 11.1. The molecule has 96 valence electrons. The van der Waals surface area contributed by atoms with Gasteiger partial charge in [-0.15, -0.1) is 0 Å². The Morgan fingerprint density at radius 1 is 1.22 bits per heavy atom. The molecule has 0 aliphatic heterocycles. The van der Waals surface area contributed by atoms with Gasteiger partial charge in [-0.25, -0.2) is 8.42 Å². The summed E-state index contributed by atoms with van der Waals surface area (Å²) >= 11 is 5.75. The maximum atomic E-state index is 12.4. The van der Waals surface area contributed by atoms with E-state index in [1.54, 1.807) is 24.3 Å². The molecule has 0 saturated carbocycles. The topological polar surface area (TPSA) is 74.9 Å². The molecular formula is C12H13ClNO3S+. The van der Waals surface area contributed by atoms with Crippen molar-refractivity contribution in [3.8, 4) is 0 Å². The van der Waals surface area contributed by atoms with Crippen molar-refractivity contribution < 1.29 is 18.6 Å². The molecule has 4 nitrogen and oxygen atoms in total. The molecule has 3 N–H and O–H groups in total. The standard InChI is InChI=1S/C12H12ClNO3S/c13-9-3-5-10(6-4-9)18(15,16)12(8-14)11-2-1-7-17-11/h1-7,12H,8,14H2/p+1/t12-/m1/s1. The zero-order valence-electron chi connectivity index (χ0n) is 9.54. The van der Waals surface area contributed by atoms with Crippen molar-refractivity contribution in [2.24, 2.45) is 0 Å². The summed E-state index contributed by atoms with van der Waals surface area (Å²) in [5.74, 6) is 0.403. The first-order valence-corrected chi connectivity index (χ1v) is 7.30. The summed E-state index contributed by atoms with van der Waals surface area (Å²) < 4.78 is 30.0. The number of benzene rings is 1. The second-order valence-corrected chi connectivity index (χ2v) is 6.36. The predicted octanol–water partition coefficient (Wildman–Crippen LogP) is 1.69. The van der Waals surface area contributed by atoms with Crippen LogP contribution in [0.1, 0.15) is 11.0 Å². The molecule has 6 heteroatoms. The van der Waals surface area contributed by atoms with Crippen LogP contribution in [0.2, 0.25) is 5.02 Å². The van der Waals surface area contributed by atoms with E-state index in [4.69, 9.17) is 16.0 Å². The summed E-state index contributed by atoms with van der Waals surface area (Å²) in [4.78, 5) is 0.219. The fraction of sp³-hybridized carbons (Fsp3) is 0.167. The Labute approximate surface area is 110 Å². The highest BCUT2D eigenvalue weighted by Crippen LogP contribution is 2.28. The lowest BCUT2D eigenvalue weighted by Crippen LogP contribution is -2.54. The third-order valence-corrected chi connectivity index (χ3v) is 5.04. The van der Waals surface area contributed by atoms with E-state index in [9.17, 15) is 8.42 Å². The van der Waals surface area contributed by atoms with Crippen molar-refractivity contribution in [2.45, 2.75) is 10.1 Å². The summed E-state index contributed by atoms with van der Waals surface area (Å²) in [5.41, 5.74) is 3.69. The lowest BCUT2D eigenvalue weighted by molar-refractivity contribution is -0.368. The number of hydrogen-bond acceptors (Lipinski definition) is 3. The van der Waals surface area contributed by atoms with Gasteiger partial charge >= 0.3 is 0 Å². The molecule has 0 bridgehead atoms. The molecule has 1 aromatic heterocycles. The van der Waals surface area contributed by atoms with Gasteiger partial charge in [0.05, 0.1) is 17.7 Å². The fourth-order valence-corrected chi connectivity index (χ4v) is 3.43. The first kappa shape index (κ1) is 13.1. The van der Waals surface area contributed by atoms with Crippen molar-refractivity contribution >= 4 is 21.4 Å². The Morgan fingerprint density at radius 2 is 1.89 bits per heavy atom. The molecule has 18 heavy (non-hydrogen) atoms. The quantitative estimate of drug-likeness (QED) is 0.929. The monoisotopic (exact) mass is 286 g/mol. The van der Waals surface area contributed by atoms with Gasteiger partial charge < -0.3 is 10.2 Å². The van der Waals surface area contributed by atoms with Crippen LogP contribution in [0.15, 0.2) is 52.0 Å². The Bertz CT molecular complexity index is 605. The van der Waals surface area contributed by atoms with Gasteiger partial charge in [0.15, 0.2) is 15.1 Å². The molecular weight excluding hydrogens is 274 g/mol. The Balaban J connectivity index is 2.44. The van der Waals surface area contributed by atoms with Crippen molar-refractivity contribution in [3.63, 3.8) is 0 Å². The van der Waals surface area contributed by atoms with Gasteiger partial charge in [0.2, 0.25) is 0 Å². The lowest BCUT2D eigenvalue weighted by Gasteiger charge is -2.11. The minimum atomic E-state index is -3.51. The van der Waals surface area contributed by atoms with Crippen molar-refractivity contribution in [3.05, 3.63) is 53.4 Å². The van der Waals surface area contributed by atoms with Crippen molar-refractivity contribution in [1.29, 1.82) is 0 Å². The number of halogens is 1. The third-order valence-electron chi connectivity index (χ3n) is 2.64. The Morgan fingerprint density at radius 3 is 2.39 bits per heavy atom. The van der Waals surface area contributed by atoms with Crippen LogP contribution in [0, 0.1) is 0 Å². The third kappa shape index (κ3) is 2.43. The van der Waals surface area contributed by atoms with Gasteiger partial charge in [0.25, 0.3) is 0 Å². The molecule has 0 unspecified atom stereocenters. The maximum Gasteiger partial charge on any atom is 0.194 e. The number of furan rings is 1. The predicted molar refractivity (Wildman–Crippen MR) is 67.8 cm³/mol. The average molecular weight is 287 g/mol.